The third kappa shape index (κ3) is 4.57. The second kappa shape index (κ2) is 9.75. The van der Waals surface area contributed by atoms with Crippen molar-refractivity contribution < 1.29 is 27.9 Å². The van der Waals surface area contributed by atoms with Gasteiger partial charge in [0.1, 0.15) is 5.82 Å². The zero-order valence-corrected chi connectivity index (χ0v) is 19.4. The quantitative estimate of drug-likeness (QED) is 0.473. The van der Waals surface area contributed by atoms with Crippen molar-refractivity contribution in [3.63, 3.8) is 0 Å². The van der Waals surface area contributed by atoms with Crippen molar-refractivity contribution in [1.82, 2.24) is 20.4 Å². The number of amides is 2. The number of hydrogen-bond donors (Lipinski definition) is 1. The Balaban J connectivity index is 1.52. The first-order chi connectivity index (χ1) is 17.0. The first-order valence-electron chi connectivity index (χ1n) is 11.4. The highest BCUT2D eigenvalue weighted by atomic mass is 19.1. The molecule has 0 saturated heterocycles. The van der Waals surface area contributed by atoms with Crippen LogP contribution in [0.3, 0.4) is 0 Å². The number of allylic oxidation sites excluding steroid dienone is 1. The van der Waals surface area contributed by atoms with Crippen LogP contribution in [0, 0.1) is 5.82 Å². The van der Waals surface area contributed by atoms with Gasteiger partial charge in [0.25, 0.3) is 5.89 Å². The van der Waals surface area contributed by atoms with Crippen molar-refractivity contribution in [3.05, 3.63) is 65.4 Å². The zero-order chi connectivity index (χ0) is 24.4. The molecule has 0 fully saturated rings. The number of carbonyl (C=O) groups is 1. The molecule has 3 aromatic rings. The fourth-order valence-electron chi connectivity index (χ4n) is 4.22. The minimum absolute atomic E-state index is 0.163. The van der Waals surface area contributed by atoms with Gasteiger partial charge in [-0.15, -0.1) is 0 Å². The third-order valence-electron chi connectivity index (χ3n) is 5.94. The number of fused-ring (bicyclic) bond motifs is 1. The van der Waals surface area contributed by atoms with Crippen molar-refractivity contribution in [3.8, 4) is 22.9 Å². The predicted molar refractivity (Wildman–Crippen MR) is 124 cm³/mol. The van der Waals surface area contributed by atoms with Crippen LogP contribution in [-0.2, 0) is 4.74 Å². The molecule has 1 unspecified atom stereocenters. The number of hydrogen-bond acceptors (Lipinski definition) is 7. The molecule has 1 aromatic heterocycles. The summed E-state index contributed by atoms with van der Waals surface area (Å²) in [7, 11) is 0. The monoisotopic (exact) mass is 480 g/mol. The summed E-state index contributed by atoms with van der Waals surface area (Å²) in [5, 5.41) is 7.13. The Labute approximate surface area is 201 Å². The van der Waals surface area contributed by atoms with E-state index in [1.54, 1.807) is 29.2 Å². The second-order valence-corrected chi connectivity index (χ2v) is 8.13. The lowest BCUT2D eigenvalue weighted by atomic mass is 9.94. The van der Waals surface area contributed by atoms with Gasteiger partial charge in [-0.1, -0.05) is 17.3 Å². The first kappa shape index (κ1) is 22.9. The lowest BCUT2D eigenvalue weighted by Crippen LogP contribution is -2.46. The first-order valence-corrected chi connectivity index (χ1v) is 11.4. The van der Waals surface area contributed by atoms with E-state index in [1.807, 2.05) is 19.9 Å². The molecule has 0 bridgehead atoms. The Kier molecular flexibility index (Phi) is 6.37. The molecule has 0 radical (unpaired) electrons. The smallest absolute Gasteiger partial charge is 0.322 e. The topological polar surface area (TPSA) is 99.0 Å². The Morgan fingerprint density at radius 3 is 2.89 bits per heavy atom. The number of aromatic nitrogens is 2. The summed E-state index contributed by atoms with van der Waals surface area (Å²) in [5.41, 5.74) is 2.52. The zero-order valence-electron chi connectivity index (χ0n) is 19.4. The van der Waals surface area contributed by atoms with E-state index in [1.165, 1.54) is 12.1 Å². The average molecular weight is 480 g/mol. The van der Waals surface area contributed by atoms with Gasteiger partial charge in [-0.05, 0) is 56.2 Å². The molecule has 0 saturated carbocycles. The van der Waals surface area contributed by atoms with Crippen molar-refractivity contribution in [2.45, 2.75) is 26.3 Å². The fraction of sp³-hybridized carbons (Fsp3) is 0.320. The van der Waals surface area contributed by atoms with Crippen LogP contribution in [0.5, 0.6) is 11.5 Å². The van der Waals surface area contributed by atoms with E-state index in [4.69, 9.17) is 18.7 Å². The van der Waals surface area contributed by atoms with E-state index in [0.717, 1.165) is 0 Å². The van der Waals surface area contributed by atoms with Crippen LogP contribution in [0.4, 0.5) is 9.18 Å². The maximum Gasteiger partial charge on any atom is 0.322 e. The van der Waals surface area contributed by atoms with E-state index >= 15 is 0 Å². The van der Waals surface area contributed by atoms with Crippen LogP contribution < -0.4 is 14.8 Å². The molecule has 5 rings (SSSR count). The minimum atomic E-state index is -0.661. The summed E-state index contributed by atoms with van der Waals surface area (Å²) in [6, 6.07) is 10.5. The van der Waals surface area contributed by atoms with Gasteiger partial charge in [0.15, 0.2) is 11.5 Å². The van der Waals surface area contributed by atoms with Gasteiger partial charge in [-0.25, -0.2) is 9.18 Å². The van der Waals surface area contributed by atoms with Crippen LogP contribution in [0.15, 0.2) is 52.7 Å². The minimum Gasteiger partial charge on any atom is -0.454 e. The van der Waals surface area contributed by atoms with E-state index in [-0.39, 0.29) is 18.7 Å². The highest BCUT2D eigenvalue weighted by Gasteiger charge is 2.35. The SMILES string of the molecule is CCOCCCN1C(=O)NC(c2cccc(F)c2)C(c2nc(-c3ccc4c(c3)OCO4)no2)=C1C. The van der Waals surface area contributed by atoms with Gasteiger partial charge in [0.2, 0.25) is 12.6 Å². The van der Waals surface area contributed by atoms with Crippen LogP contribution in [0.25, 0.3) is 17.0 Å². The van der Waals surface area contributed by atoms with Crippen LogP contribution in [0.1, 0.15) is 37.8 Å². The summed E-state index contributed by atoms with van der Waals surface area (Å²) in [6.07, 6.45) is 0.656. The molecule has 10 heteroatoms. The molecule has 0 spiro atoms. The molecule has 0 aliphatic carbocycles. The largest absolute Gasteiger partial charge is 0.454 e. The van der Waals surface area contributed by atoms with E-state index in [2.05, 4.69) is 15.5 Å². The normalized spacial score (nSPS) is 17.2. The van der Waals surface area contributed by atoms with Crippen LogP contribution in [-0.4, -0.2) is 47.6 Å². The van der Waals surface area contributed by atoms with Crippen LogP contribution in [0.2, 0.25) is 0 Å². The van der Waals surface area contributed by atoms with Gasteiger partial charge >= 0.3 is 6.03 Å². The molecule has 182 valence electrons. The van der Waals surface area contributed by atoms with Gasteiger partial charge in [0.05, 0.1) is 11.6 Å². The molecule has 9 nitrogen and oxygen atoms in total. The highest BCUT2D eigenvalue weighted by molar-refractivity contribution is 5.86. The van der Waals surface area contributed by atoms with Crippen molar-refractivity contribution in [1.29, 1.82) is 0 Å². The summed E-state index contributed by atoms with van der Waals surface area (Å²) < 4.78 is 36.0. The average Bonchev–Trinajstić information content (AvgIpc) is 3.52. The van der Waals surface area contributed by atoms with E-state index in [9.17, 15) is 9.18 Å². The standard InChI is InChI=1S/C25H25FN4O5/c1-3-32-11-5-10-30-15(2)21(22(27-25(30)31)16-6-4-7-18(26)12-16)24-28-23(29-35-24)17-8-9-19-20(13-17)34-14-33-19/h4,6-9,12-13,22H,3,5,10-11,14H2,1-2H3,(H,27,31). The number of nitrogens with one attached hydrogen (secondary N) is 1. The number of nitrogens with zero attached hydrogens (tertiary/aromatic N) is 3. The molecular formula is C25H25FN4O5. The molecule has 2 aromatic carbocycles. The second-order valence-electron chi connectivity index (χ2n) is 8.13. The third-order valence-corrected chi connectivity index (χ3v) is 5.94. The maximum absolute atomic E-state index is 14.1. The summed E-state index contributed by atoms with van der Waals surface area (Å²) in [6.45, 7) is 5.50. The summed E-state index contributed by atoms with van der Waals surface area (Å²) in [5.74, 6) is 1.45. The Morgan fingerprint density at radius 1 is 1.20 bits per heavy atom. The van der Waals surface area contributed by atoms with Crippen molar-refractivity contribution >= 4 is 11.6 Å². The van der Waals surface area contributed by atoms with Crippen LogP contribution >= 0.6 is 0 Å². The molecule has 2 amide bonds. The summed E-state index contributed by atoms with van der Waals surface area (Å²) in [4.78, 5) is 19.2. The Morgan fingerprint density at radius 2 is 2.06 bits per heavy atom. The molecular weight excluding hydrogens is 455 g/mol. The Bertz CT molecular complexity index is 1270. The van der Waals surface area contributed by atoms with Crippen molar-refractivity contribution in [2.24, 2.45) is 0 Å². The molecule has 2 aliphatic rings. The highest BCUT2D eigenvalue weighted by Crippen LogP contribution is 2.39. The molecule has 35 heavy (non-hydrogen) atoms. The fourth-order valence-corrected chi connectivity index (χ4v) is 4.22. The van der Waals surface area contributed by atoms with Gasteiger partial charge < -0.3 is 24.1 Å². The van der Waals surface area contributed by atoms with Gasteiger partial charge in [-0.2, -0.15) is 4.98 Å². The number of carbonyl (C=O) groups excluding carboxylic acids is 1. The predicted octanol–water partition coefficient (Wildman–Crippen LogP) is 4.53. The molecule has 1 atom stereocenters. The lowest BCUT2D eigenvalue weighted by molar-refractivity contribution is 0.136. The lowest BCUT2D eigenvalue weighted by Gasteiger charge is -2.35. The maximum atomic E-state index is 14.1. The number of halogens is 1. The van der Waals surface area contributed by atoms with Crippen molar-refractivity contribution in [2.75, 3.05) is 26.6 Å². The van der Waals surface area contributed by atoms with Gasteiger partial charge in [0, 0.05) is 31.0 Å². The number of urea groups is 1. The number of rotatable bonds is 8. The number of ether oxygens (including phenoxy) is 3. The Hall–Kier alpha value is -3.92. The van der Waals surface area contributed by atoms with E-state index in [0.29, 0.717) is 65.9 Å². The number of benzene rings is 2. The van der Waals surface area contributed by atoms with E-state index < -0.39 is 11.9 Å². The molecule has 2 aliphatic heterocycles. The molecule has 3 heterocycles. The summed E-state index contributed by atoms with van der Waals surface area (Å²) >= 11 is 0. The van der Waals surface area contributed by atoms with Gasteiger partial charge in [-0.3, -0.25) is 4.90 Å². The molecule has 1 N–H and O–H groups in total.